The summed E-state index contributed by atoms with van der Waals surface area (Å²) < 4.78 is 0. The van der Waals surface area contributed by atoms with Crippen molar-refractivity contribution in [1.82, 2.24) is 10.2 Å². The zero-order valence-electron chi connectivity index (χ0n) is 9.95. The molecular formula is C13H22N2O. The van der Waals surface area contributed by atoms with Gasteiger partial charge in [0.1, 0.15) is 0 Å². The number of carbonyl (C=O) groups is 1. The third-order valence-electron chi connectivity index (χ3n) is 4.63. The van der Waals surface area contributed by atoms with Gasteiger partial charge < -0.3 is 10.2 Å². The quantitative estimate of drug-likeness (QED) is 0.729. The second kappa shape index (κ2) is 4.36. The van der Waals surface area contributed by atoms with Crippen molar-refractivity contribution in [3.8, 4) is 0 Å². The molecule has 0 bridgehead atoms. The summed E-state index contributed by atoms with van der Waals surface area (Å²) in [4.78, 5) is 14.6. The fourth-order valence-corrected chi connectivity index (χ4v) is 3.82. The molecule has 3 rings (SSSR count). The monoisotopic (exact) mass is 222 g/mol. The van der Waals surface area contributed by atoms with Crippen molar-refractivity contribution in [2.45, 2.75) is 57.0 Å². The van der Waals surface area contributed by atoms with E-state index in [2.05, 4.69) is 10.2 Å². The lowest BCUT2D eigenvalue weighted by Crippen LogP contribution is -2.52. The Labute approximate surface area is 97.6 Å². The highest BCUT2D eigenvalue weighted by Crippen LogP contribution is 2.37. The zero-order chi connectivity index (χ0) is 11.0. The maximum atomic E-state index is 12.4. The second-order valence-electron chi connectivity index (χ2n) is 5.58. The van der Waals surface area contributed by atoms with Gasteiger partial charge in [0.05, 0.1) is 6.04 Å². The molecule has 3 nitrogen and oxygen atoms in total. The van der Waals surface area contributed by atoms with Crippen LogP contribution in [0.3, 0.4) is 0 Å². The zero-order valence-corrected chi connectivity index (χ0v) is 9.95. The van der Waals surface area contributed by atoms with Gasteiger partial charge in [0.25, 0.3) is 0 Å². The van der Waals surface area contributed by atoms with Crippen molar-refractivity contribution in [1.29, 1.82) is 0 Å². The molecule has 0 radical (unpaired) electrons. The first-order valence-electron chi connectivity index (χ1n) is 6.90. The summed E-state index contributed by atoms with van der Waals surface area (Å²) in [6.07, 6.45) is 8.73. The Hall–Kier alpha value is -0.570. The Kier molecular flexibility index (Phi) is 2.88. The van der Waals surface area contributed by atoms with Crippen LogP contribution in [0.1, 0.15) is 44.9 Å². The number of nitrogens with zero attached hydrogens (tertiary/aromatic N) is 1. The van der Waals surface area contributed by atoms with Gasteiger partial charge in [0.2, 0.25) is 5.91 Å². The number of hydrogen-bond acceptors (Lipinski definition) is 2. The molecule has 1 N–H and O–H groups in total. The van der Waals surface area contributed by atoms with E-state index in [0.29, 0.717) is 11.9 Å². The maximum Gasteiger partial charge on any atom is 0.239 e. The summed E-state index contributed by atoms with van der Waals surface area (Å²) >= 11 is 0. The molecule has 0 aromatic carbocycles. The average Bonchev–Trinajstić information content (AvgIpc) is 2.98. The summed E-state index contributed by atoms with van der Waals surface area (Å²) in [6.45, 7) is 2.04. The van der Waals surface area contributed by atoms with Crippen LogP contribution in [0.4, 0.5) is 0 Å². The summed E-state index contributed by atoms with van der Waals surface area (Å²) in [5.41, 5.74) is 0. The van der Waals surface area contributed by atoms with Gasteiger partial charge >= 0.3 is 0 Å². The van der Waals surface area contributed by atoms with Gasteiger partial charge in [-0.2, -0.15) is 0 Å². The highest BCUT2D eigenvalue weighted by Gasteiger charge is 2.39. The summed E-state index contributed by atoms with van der Waals surface area (Å²) in [5.74, 6) is 1.22. The predicted octanol–water partition coefficient (Wildman–Crippen LogP) is 1.53. The van der Waals surface area contributed by atoms with Crippen LogP contribution in [-0.2, 0) is 4.79 Å². The fourth-order valence-electron chi connectivity index (χ4n) is 3.82. The third kappa shape index (κ3) is 1.75. The highest BCUT2D eigenvalue weighted by molar-refractivity contribution is 5.82. The van der Waals surface area contributed by atoms with Gasteiger partial charge in [-0.3, -0.25) is 4.79 Å². The minimum Gasteiger partial charge on any atom is -0.338 e. The first-order chi connectivity index (χ1) is 7.86. The number of nitrogens with one attached hydrogen (secondary N) is 1. The van der Waals surface area contributed by atoms with Gasteiger partial charge in [-0.25, -0.2) is 0 Å². The second-order valence-corrected chi connectivity index (χ2v) is 5.58. The minimum absolute atomic E-state index is 0.138. The lowest BCUT2D eigenvalue weighted by molar-refractivity contribution is -0.137. The SMILES string of the molecule is O=C([C@@H]1CCCN1)N1CCCC2CCCC21. The van der Waals surface area contributed by atoms with E-state index in [1.807, 2.05) is 0 Å². The van der Waals surface area contributed by atoms with E-state index in [9.17, 15) is 4.79 Å². The number of fused-ring (bicyclic) bond motifs is 1. The van der Waals surface area contributed by atoms with Crippen LogP contribution in [0.5, 0.6) is 0 Å². The number of piperidine rings is 1. The Morgan fingerprint density at radius 2 is 1.94 bits per heavy atom. The lowest BCUT2D eigenvalue weighted by Gasteiger charge is -2.39. The molecule has 16 heavy (non-hydrogen) atoms. The van der Waals surface area contributed by atoms with Gasteiger partial charge in [-0.1, -0.05) is 6.42 Å². The molecule has 3 aliphatic rings. The van der Waals surface area contributed by atoms with Crippen LogP contribution in [0.15, 0.2) is 0 Å². The first-order valence-corrected chi connectivity index (χ1v) is 6.90. The molecule has 2 heterocycles. The van der Waals surface area contributed by atoms with E-state index in [4.69, 9.17) is 0 Å². The minimum atomic E-state index is 0.138. The molecule has 1 aliphatic carbocycles. The van der Waals surface area contributed by atoms with Crippen molar-refractivity contribution < 1.29 is 4.79 Å². The van der Waals surface area contributed by atoms with Crippen molar-refractivity contribution in [2.24, 2.45) is 5.92 Å². The molecule has 2 saturated heterocycles. The Morgan fingerprint density at radius 3 is 2.75 bits per heavy atom. The normalized spacial score (nSPS) is 38.8. The predicted molar refractivity (Wildman–Crippen MR) is 63.1 cm³/mol. The van der Waals surface area contributed by atoms with E-state index >= 15 is 0 Å². The number of carbonyl (C=O) groups excluding carboxylic acids is 1. The smallest absolute Gasteiger partial charge is 0.239 e. The number of amides is 1. The van der Waals surface area contributed by atoms with Crippen LogP contribution in [0, 0.1) is 5.92 Å². The average molecular weight is 222 g/mol. The molecule has 90 valence electrons. The topological polar surface area (TPSA) is 32.3 Å². The molecule has 3 fully saturated rings. The molecule has 0 aromatic rings. The molecule has 0 spiro atoms. The maximum absolute atomic E-state index is 12.4. The molecule has 1 saturated carbocycles. The van der Waals surface area contributed by atoms with Gasteiger partial charge in [-0.05, 0) is 51.0 Å². The van der Waals surface area contributed by atoms with Crippen LogP contribution >= 0.6 is 0 Å². The summed E-state index contributed by atoms with van der Waals surface area (Å²) in [7, 11) is 0. The van der Waals surface area contributed by atoms with Crippen LogP contribution in [-0.4, -0.2) is 36.0 Å². The van der Waals surface area contributed by atoms with E-state index in [0.717, 1.165) is 25.4 Å². The van der Waals surface area contributed by atoms with Gasteiger partial charge in [0, 0.05) is 12.6 Å². The van der Waals surface area contributed by atoms with Crippen molar-refractivity contribution in [2.75, 3.05) is 13.1 Å². The molecular weight excluding hydrogens is 200 g/mol. The van der Waals surface area contributed by atoms with Crippen molar-refractivity contribution in [3.63, 3.8) is 0 Å². The standard InChI is InChI=1S/C13H22N2O/c16-13(11-6-2-8-14-11)15-9-3-5-10-4-1-7-12(10)15/h10-12,14H,1-9H2/t10?,11-,12?/m0/s1. The largest absolute Gasteiger partial charge is 0.338 e. The van der Waals surface area contributed by atoms with Crippen molar-refractivity contribution >= 4 is 5.91 Å². The molecule has 1 amide bonds. The lowest BCUT2D eigenvalue weighted by atomic mass is 9.91. The van der Waals surface area contributed by atoms with Gasteiger partial charge in [0.15, 0.2) is 0 Å². The van der Waals surface area contributed by atoms with Gasteiger partial charge in [-0.15, -0.1) is 0 Å². The van der Waals surface area contributed by atoms with E-state index in [-0.39, 0.29) is 6.04 Å². The summed E-state index contributed by atoms with van der Waals surface area (Å²) in [5, 5.41) is 3.34. The Balaban J connectivity index is 1.70. The first kappa shape index (κ1) is 10.6. The van der Waals surface area contributed by atoms with Crippen LogP contribution in [0.25, 0.3) is 0 Å². The van der Waals surface area contributed by atoms with E-state index in [1.165, 1.54) is 38.5 Å². The van der Waals surface area contributed by atoms with E-state index in [1.54, 1.807) is 0 Å². The van der Waals surface area contributed by atoms with Crippen molar-refractivity contribution in [3.05, 3.63) is 0 Å². The third-order valence-corrected chi connectivity index (χ3v) is 4.63. The highest BCUT2D eigenvalue weighted by atomic mass is 16.2. The number of hydrogen-bond donors (Lipinski definition) is 1. The van der Waals surface area contributed by atoms with E-state index < -0.39 is 0 Å². The number of likely N-dealkylation sites (tertiary alicyclic amines) is 1. The Bertz CT molecular complexity index is 273. The fraction of sp³-hybridized carbons (Fsp3) is 0.923. The van der Waals surface area contributed by atoms with Crippen LogP contribution < -0.4 is 5.32 Å². The molecule has 0 aromatic heterocycles. The molecule has 2 unspecified atom stereocenters. The molecule has 3 atom stereocenters. The number of rotatable bonds is 1. The summed E-state index contributed by atoms with van der Waals surface area (Å²) in [6, 6.07) is 0.725. The molecule has 3 heteroatoms. The molecule has 2 aliphatic heterocycles. The van der Waals surface area contributed by atoms with Crippen LogP contribution in [0.2, 0.25) is 0 Å². The Morgan fingerprint density at radius 1 is 1.06 bits per heavy atom.